The fourth-order valence-corrected chi connectivity index (χ4v) is 2.21. The number of amides is 1. The highest BCUT2D eigenvalue weighted by molar-refractivity contribution is 5.70. The molecule has 0 saturated carbocycles. The molecule has 0 aliphatic carbocycles. The van der Waals surface area contributed by atoms with Crippen LogP contribution < -0.4 is 4.74 Å². The molecule has 0 radical (unpaired) electrons. The Labute approximate surface area is 114 Å². The van der Waals surface area contributed by atoms with Crippen LogP contribution in [0.5, 0.6) is 5.75 Å². The van der Waals surface area contributed by atoms with Crippen LogP contribution in [-0.4, -0.2) is 36.3 Å². The van der Waals surface area contributed by atoms with E-state index < -0.39 is 0 Å². The molecular formula is C15H21NO3. The summed E-state index contributed by atoms with van der Waals surface area (Å²) in [4.78, 5) is 13.7. The Balaban J connectivity index is 1.79. The van der Waals surface area contributed by atoms with Crippen LogP contribution in [0, 0.1) is 0 Å². The van der Waals surface area contributed by atoms with Crippen LogP contribution in [0.1, 0.15) is 26.7 Å². The highest BCUT2D eigenvalue weighted by atomic mass is 16.6. The first-order valence-electron chi connectivity index (χ1n) is 6.82. The molecule has 0 unspecified atom stereocenters. The first kappa shape index (κ1) is 13.9. The molecule has 1 saturated heterocycles. The largest absolute Gasteiger partial charge is 0.415 e. The number of para-hydroxylation sites is 1. The van der Waals surface area contributed by atoms with E-state index in [9.17, 15) is 4.79 Å². The smallest absolute Gasteiger partial charge is 0.410 e. The molecule has 1 aromatic carbocycles. The monoisotopic (exact) mass is 263 g/mol. The van der Waals surface area contributed by atoms with E-state index in [-0.39, 0.29) is 18.3 Å². The van der Waals surface area contributed by atoms with Crippen molar-refractivity contribution in [2.24, 2.45) is 0 Å². The second kappa shape index (κ2) is 6.57. The van der Waals surface area contributed by atoms with Crippen molar-refractivity contribution in [2.45, 2.75) is 38.9 Å². The van der Waals surface area contributed by atoms with Crippen molar-refractivity contribution in [3.8, 4) is 5.75 Å². The molecule has 1 fully saturated rings. The van der Waals surface area contributed by atoms with E-state index >= 15 is 0 Å². The molecule has 104 valence electrons. The number of piperidine rings is 1. The molecule has 0 bridgehead atoms. The van der Waals surface area contributed by atoms with Gasteiger partial charge in [0.1, 0.15) is 5.75 Å². The lowest BCUT2D eigenvalue weighted by atomic mass is 10.1. The SMILES string of the molecule is CC(C)OC1CCN(C(=O)Oc2ccccc2)CC1. The number of ether oxygens (including phenoxy) is 2. The van der Waals surface area contributed by atoms with Crippen molar-refractivity contribution in [1.29, 1.82) is 0 Å². The van der Waals surface area contributed by atoms with E-state index in [4.69, 9.17) is 9.47 Å². The summed E-state index contributed by atoms with van der Waals surface area (Å²) in [5, 5.41) is 0. The van der Waals surface area contributed by atoms with Crippen molar-refractivity contribution < 1.29 is 14.3 Å². The predicted octanol–water partition coefficient (Wildman–Crippen LogP) is 3.07. The van der Waals surface area contributed by atoms with Crippen molar-refractivity contribution in [3.05, 3.63) is 30.3 Å². The Morgan fingerprint density at radius 2 is 1.84 bits per heavy atom. The zero-order chi connectivity index (χ0) is 13.7. The molecule has 0 atom stereocenters. The van der Waals surface area contributed by atoms with Crippen LogP contribution in [-0.2, 0) is 4.74 Å². The number of hydrogen-bond donors (Lipinski definition) is 0. The first-order valence-corrected chi connectivity index (χ1v) is 6.82. The van der Waals surface area contributed by atoms with Gasteiger partial charge in [0.15, 0.2) is 0 Å². The van der Waals surface area contributed by atoms with Gasteiger partial charge in [0.25, 0.3) is 0 Å². The lowest BCUT2D eigenvalue weighted by Crippen LogP contribution is -2.42. The molecule has 4 nitrogen and oxygen atoms in total. The Kier molecular flexibility index (Phi) is 4.80. The lowest BCUT2D eigenvalue weighted by Gasteiger charge is -2.32. The number of carbonyl (C=O) groups excluding carboxylic acids is 1. The van der Waals surface area contributed by atoms with Gasteiger partial charge in [0, 0.05) is 13.1 Å². The number of hydrogen-bond acceptors (Lipinski definition) is 3. The third-order valence-electron chi connectivity index (χ3n) is 3.11. The molecule has 1 aliphatic rings. The minimum absolute atomic E-state index is 0.243. The van der Waals surface area contributed by atoms with Crippen LogP contribution in [0.3, 0.4) is 0 Å². The van der Waals surface area contributed by atoms with E-state index in [0.717, 1.165) is 12.8 Å². The Bertz CT molecular complexity index is 397. The van der Waals surface area contributed by atoms with Crippen molar-refractivity contribution in [1.82, 2.24) is 4.90 Å². The van der Waals surface area contributed by atoms with Gasteiger partial charge in [-0.25, -0.2) is 4.79 Å². The van der Waals surface area contributed by atoms with Crippen molar-refractivity contribution in [3.63, 3.8) is 0 Å². The second-order valence-electron chi connectivity index (χ2n) is 5.05. The lowest BCUT2D eigenvalue weighted by molar-refractivity contribution is -0.0233. The van der Waals surface area contributed by atoms with Gasteiger partial charge in [-0.1, -0.05) is 18.2 Å². The first-order chi connectivity index (χ1) is 9.15. The summed E-state index contributed by atoms with van der Waals surface area (Å²) in [5.74, 6) is 0.591. The number of rotatable bonds is 3. The topological polar surface area (TPSA) is 38.8 Å². The number of likely N-dealkylation sites (tertiary alicyclic amines) is 1. The maximum atomic E-state index is 12.0. The maximum Gasteiger partial charge on any atom is 0.415 e. The standard InChI is InChI=1S/C15H21NO3/c1-12(2)18-14-8-10-16(11-9-14)15(17)19-13-6-4-3-5-7-13/h3-7,12,14H,8-11H2,1-2H3. The molecule has 1 aromatic rings. The number of carbonyl (C=O) groups is 1. The van der Waals surface area contributed by atoms with Gasteiger partial charge >= 0.3 is 6.09 Å². The predicted molar refractivity (Wildman–Crippen MR) is 73.3 cm³/mol. The third-order valence-corrected chi connectivity index (χ3v) is 3.11. The summed E-state index contributed by atoms with van der Waals surface area (Å²) in [7, 11) is 0. The summed E-state index contributed by atoms with van der Waals surface area (Å²) >= 11 is 0. The molecule has 19 heavy (non-hydrogen) atoms. The fraction of sp³-hybridized carbons (Fsp3) is 0.533. The fourth-order valence-electron chi connectivity index (χ4n) is 2.21. The number of nitrogens with zero attached hydrogens (tertiary/aromatic N) is 1. The van der Waals surface area contributed by atoms with Crippen LogP contribution in [0.15, 0.2) is 30.3 Å². The minimum atomic E-state index is -0.269. The van der Waals surface area contributed by atoms with Gasteiger partial charge in [-0.15, -0.1) is 0 Å². The summed E-state index contributed by atoms with van der Waals surface area (Å²) in [6.45, 7) is 5.47. The summed E-state index contributed by atoms with van der Waals surface area (Å²) in [6, 6.07) is 9.17. The second-order valence-corrected chi connectivity index (χ2v) is 5.05. The number of benzene rings is 1. The molecule has 1 heterocycles. The normalized spacial score (nSPS) is 16.7. The molecule has 2 rings (SSSR count). The van der Waals surface area contributed by atoms with Gasteiger partial charge in [-0.2, -0.15) is 0 Å². The third kappa shape index (κ3) is 4.24. The van der Waals surface area contributed by atoms with Gasteiger partial charge in [-0.05, 0) is 38.8 Å². The van der Waals surface area contributed by atoms with E-state index in [2.05, 4.69) is 0 Å². The van der Waals surface area contributed by atoms with Crippen LogP contribution in [0.25, 0.3) is 0 Å². The van der Waals surface area contributed by atoms with Crippen LogP contribution in [0.2, 0.25) is 0 Å². The molecule has 1 aliphatic heterocycles. The molecule has 0 spiro atoms. The zero-order valence-electron chi connectivity index (χ0n) is 11.5. The Morgan fingerprint density at radius 3 is 2.42 bits per heavy atom. The average Bonchev–Trinajstić information content (AvgIpc) is 2.40. The Morgan fingerprint density at radius 1 is 1.21 bits per heavy atom. The average molecular weight is 263 g/mol. The van der Waals surface area contributed by atoms with E-state index in [0.29, 0.717) is 18.8 Å². The Hall–Kier alpha value is -1.55. The quantitative estimate of drug-likeness (QED) is 0.841. The van der Waals surface area contributed by atoms with E-state index in [1.165, 1.54) is 0 Å². The van der Waals surface area contributed by atoms with Crippen molar-refractivity contribution >= 4 is 6.09 Å². The molecule has 0 aromatic heterocycles. The highest BCUT2D eigenvalue weighted by Crippen LogP contribution is 2.17. The molecule has 0 N–H and O–H groups in total. The molecule has 1 amide bonds. The summed E-state index contributed by atoms with van der Waals surface area (Å²) in [5.41, 5.74) is 0. The zero-order valence-corrected chi connectivity index (χ0v) is 11.5. The van der Waals surface area contributed by atoms with E-state index in [1.807, 2.05) is 32.0 Å². The summed E-state index contributed by atoms with van der Waals surface area (Å²) < 4.78 is 11.1. The molecule has 4 heteroatoms. The van der Waals surface area contributed by atoms with Gasteiger partial charge in [0.2, 0.25) is 0 Å². The minimum Gasteiger partial charge on any atom is -0.410 e. The van der Waals surface area contributed by atoms with Gasteiger partial charge in [-0.3, -0.25) is 0 Å². The van der Waals surface area contributed by atoms with Crippen molar-refractivity contribution in [2.75, 3.05) is 13.1 Å². The van der Waals surface area contributed by atoms with Crippen LogP contribution in [0.4, 0.5) is 4.79 Å². The van der Waals surface area contributed by atoms with Crippen LogP contribution >= 0.6 is 0 Å². The van der Waals surface area contributed by atoms with E-state index in [1.54, 1.807) is 17.0 Å². The van der Waals surface area contributed by atoms with Gasteiger partial charge in [0.05, 0.1) is 12.2 Å². The highest BCUT2D eigenvalue weighted by Gasteiger charge is 2.24. The molecular weight excluding hydrogens is 242 g/mol. The summed E-state index contributed by atoms with van der Waals surface area (Å²) in [6.07, 6.45) is 1.99. The maximum absolute atomic E-state index is 12.0. The van der Waals surface area contributed by atoms with Gasteiger partial charge < -0.3 is 14.4 Å².